The summed E-state index contributed by atoms with van der Waals surface area (Å²) in [5.74, 6) is -0.0105. The van der Waals surface area contributed by atoms with Crippen LogP contribution in [0.2, 0.25) is 0 Å². The number of piperidine rings is 1. The Morgan fingerprint density at radius 1 is 0.897 bits per heavy atom. The third-order valence-corrected chi connectivity index (χ3v) is 5.34. The maximum atomic E-state index is 12.7. The molecule has 0 aliphatic carbocycles. The molecular weight excluding hydrogens is 360 g/mol. The third-order valence-electron chi connectivity index (χ3n) is 5.34. The van der Waals surface area contributed by atoms with Crippen LogP contribution in [-0.2, 0) is 4.79 Å². The standard InChI is InChI=1S/C25H24N2O2/c1-18-10-15-22(17-23(18)27-16-6-5-9-24(27)28)26-25(29)21-13-11-20(12-14-21)19-7-3-2-4-8-19/h2-4,7-8,10-15,17H,5-6,9,16H2,1H3,(H,26,29). The van der Waals surface area contributed by atoms with Crippen molar-refractivity contribution in [2.24, 2.45) is 0 Å². The lowest BCUT2D eigenvalue weighted by Crippen LogP contribution is -2.35. The normalized spacial score (nSPS) is 14.0. The molecule has 2 amide bonds. The van der Waals surface area contributed by atoms with Crippen LogP contribution in [-0.4, -0.2) is 18.4 Å². The first-order valence-electron chi connectivity index (χ1n) is 10.00. The topological polar surface area (TPSA) is 49.4 Å². The van der Waals surface area contributed by atoms with Gasteiger partial charge in [0, 0.05) is 29.9 Å². The first-order chi connectivity index (χ1) is 14.1. The summed E-state index contributed by atoms with van der Waals surface area (Å²) in [5.41, 5.74) is 5.40. The lowest BCUT2D eigenvalue weighted by molar-refractivity contribution is -0.119. The van der Waals surface area contributed by atoms with E-state index in [0.29, 0.717) is 17.7 Å². The summed E-state index contributed by atoms with van der Waals surface area (Å²) in [6.45, 7) is 2.73. The van der Waals surface area contributed by atoms with E-state index >= 15 is 0 Å². The molecule has 1 saturated heterocycles. The quantitative estimate of drug-likeness (QED) is 0.652. The minimum absolute atomic E-state index is 0.152. The number of hydrogen-bond acceptors (Lipinski definition) is 2. The van der Waals surface area contributed by atoms with Crippen LogP contribution in [0.4, 0.5) is 11.4 Å². The lowest BCUT2D eigenvalue weighted by Gasteiger charge is -2.28. The van der Waals surface area contributed by atoms with Crippen molar-refractivity contribution in [3.63, 3.8) is 0 Å². The van der Waals surface area contributed by atoms with Gasteiger partial charge in [-0.3, -0.25) is 9.59 Å². The molecule has 1 heterocycles. The molecule has 4 heteroatoms. The van der Waals surface area contributed by atoms with Crippen LogP contribution in [0.5, 0.6) is 0 Å². The van der Waals surface area contributed by atoms with Gasteiger partial charge in [0.15, 0.2) is 0 Å². The molecule has 0 atom stereocenters. The molecule has 3 aromatic carbocycles. The fourth-order valence-corrected chi connectivity index (χ4v) is 3.69. The van der Waals surface area contributed by atoms with E-state index in [9.17, 15) is 9.59 Å². The van der Waals surface area contributed by atoms with Crippen molar-refractivity contribution in [2.75, 3.05) is 16.8 Å². The number of carbonyl (C=O) groups is 2. The molecule has 0 aromatic heterocycles. The minimum atomic E-state index is -0.163. The van der Waals surface area contributed by atoms with Gasteiger partial charge >= 0.3 is 0 Å². The number of anilines is 2. The Morgan fingerprint density at radius 3 is 2.34 bits per heavy atom. The van der Waals surface area contributed by atoms with Crippen LogP contribution in [0.15, 0.2) is 72.8 Å². The van der Waals surface area contributed by atoms with Gasteiger partial charge in [-0.25, -0.2) is 0 Å². The Balaban J connectivity index is 1.51. The molecule has 3 aromatic rings. The van der Waals surface area contributed by atoms with Crippen molar-refractivity contribution >= 4 is 23.2 Å². The maximum absolute atomic E-state index is 12.7. The average Bonchev–Trinajstić information content (AvgIpc) is 2.76. The zero-order valence-corrected chi connectivity index (χ0v) is 16.5. The average molecular weight is 384 g/mol. The van der Waals surface area contributed by atoms with E-state index in [4.69, 9.17) is 0 Å². The number of hydrogen-bond donors (Lipinski definition) is 1. The SMILES string of the molecule is Cc1ccc(NC(=O)c2ccc(-c3ccccc3)cc2)cc1N1CCCCC1=O. The Bertz CT molecular complexity index is 1030. The summed E-state index contributed by atoms with van der Waals surface area (Å²) in [5, 5.41) is 2.96. The van der Waals surface area contributed by atoms with E-state index in [1.165, 1.54) is 0 Å². The molecule has 4 rings (SSSR count). The molecule has 1 aliphatic heterocycles. The lowest BCUT2D eigenvalue weighted by atomic mass is 10.0. The van der Waals surface area contributed by atoms with Gasteiger partial charge in [0.25, 0.3) is 5.91 Å². The van der Waals surface area contributed by atoms with Gasteiger partial charge in [-0.2, -0.15) is 0 Å². The fourth-order valence-electron chi connectivity index (χ4n) is 3.69. The molecule has 4 nitrogen and oxygen atoms in total. The first-order valence-corrected chi connectivity index (χ1v) is 10.00. The van der Waals surface area contributed by atoms with Crippen molar-refractivity contribution in [3.8, 4) is 11.1 Å². The number of rotatable bonds is 4. The van der Waals surface area contributed by atoms with E-state index in [1.807, 2.05) is 84.6 Å². The van der Waals surface area contributed by atoms with Gasteiger partial charge in [0.1, 0.15) is 0 Å². The van der Waals surface area contributed by atoms with Crippen LogP contribution in [0.3, 0.4) is 0 Å². The molecule has 0 saturated carbocycles. The Labute approximate surface area is 171 Å². The van der Waals surface area contributed by atoms with Crippen molar-refractivity contribution < 1.29 is 9.59 Å². The summed E-state index contributed by atoms with van der Waals surface area (Å²) in [6, 6.07) is 23.4. The molecule has 1 N–H and O–H groups in total. The second-order valence-electron chi connectivity index (χ2n) is 7.40. The van der Waals surface area contributed by atoms with Crippen LogP contribution >= 0.6 is 0 Å². The Morgan fingerprint density at radius 2 is 1.62 bits per heavy atom. The molecule has 1 aliphatic rings. The summed E-state index contributed by atoms with van der Waals surface area (Å²) in [4.78, 5) is 26.8. The smallest absolute Gasteiger partial charge is 0.255 e. The van der Waals surface area contributed by atoms with E-state index in [2.05, 4.69) is 5.32 Å². The van der Waals surface area contributed by atoms with Gasteiger partial charge in [0.05, 0.1) is 0 Å². The largest absolute Gasteiger partial charge is 0.322 e. The molecule has 29 heavy (non-hydrogen) atoms. The van der Waals surface area contributed by atoms with Crippen LogP contribution in [0.1, 0.15) is 35.2 Å². The highest BCUT2D eigenvalue weighted by atomic mass is 16.2. The third kappa shape index (κ3) is 4.21. The van der Waals surface area contributed by atoms with E-state index in [1.54, 1.807) is 0 Å². The molecule has 146 valence electrons. The second kappa shape index (κ2) is 8.31. The molecule has 0 unspecified atom stereocenters. The predicted molar refractivity (Wildman–Crippen MR) is 117 cm³/mol. The second-order valence-corrected chi connectivity index (χ2v) is 7.40. The molecule has 0 bridgehead atoms. The first kappa shape index (κ1) is 18.9. The van der Waals surface area contributed by atoms with Crippen molar-refractivity contribution in [1.29, 1.82) is 0 Å². The minimum Gasteiger partial charge on any atom is -0.322 e. The number of amides is 2. The van der Waals surface area contributed by atoms with Gasteiger partial charge in [-0.1, -0.05) is 48.5 Å². The van der Waals surface area contributed by atoms with Crippen LogP contribution in [0, 0.1) is 6.92 Å². The van der Waals surface area contributed by atoms with Gasteiger partial charge in [-0.05, 0) is 60.7 Å². The summed E-state index contributed by atoms with van der Waals surface area (Å²) < 4.78 is 0. The number of benzene rings is 3. The molecule has 0 radical (unpaired) electrons. The monoisotopic (exact) mass is 384 g/mol. The predicted octanol–water partition coefficient (Wildman–Crippen LogP) is 5.43. The summed E-state index contributed by atoms with van der Waals surface area (Å²) in [6.07, 6.45) is 2.54. The number of aryl methyl sites for hydroxylation is 1. The van der Waals surface area contributed by atoms with E-state index in [-0.39, 0.29) is 11.8 Å². The fraction of sp³-hybridized carbons (Fsp3) is 0.200. The van der Waals surface area contributed by atoms with Gasteiger partial charge in [-0.15, -0.1) is 0 Å². The van der Waals surface area contributed by atoms with Crippen LogP contribution in [0.25, 0.3) is 11.1 Å². The van der Waals surface area contributed by atoms with Crippen molar-refractivity contribution in [2.45, 2.75) is 26.2 Å². The molecule has 1 fully saturated rings. The van der Waals surface area contributed by atoms with Crippen molar-refractivity contribution in [1.82, 2.24) is 0 Å². The molecular formula is C25H24N2O2. The number of carbonyl (C=O) groups excluding carboxylic acids is 2. The summed E-state index contributed by atoms with van der Waals surface area (Å²) >= 11 is 0. The highest BCUT2D eigenvalue weighted by Gasteiger charge is 2.21. The zero-order valence-electron chi connectivity index (χ0n) is 16.5. The Hall–Kier alpha value is -3.40. The van der Waals surface area contributed by atoms with Gasteiger partial charge < -0.3 is 10.2 Å². The summed E-state index contributed by atoms with van der Waals surface area (Å²) in [7, 11) is 0. The number of nitrogens with zero attached hydrogens (tertiary/aromatic N) is 1. The van der Waals surface area contributed by atoms with E-state index < -0.39 is 0 Å². The zero-order chi connectivity index (χ0) is 20.2. The van der Waals surface area contributed by atoms with Crippen molar-refractivity contribution in [3.05, 3.63) is 83.9 Å². The van der Waals surface area contributed by atoms with Crippen LogP contribution < -0.4 is 10.2 Å². The highest BCUT2D eigenvalue weighted by molar-refractivity contribution is 6.05. The van der Waals surface area contributed by atoms with Gasteiger partial charge in [0.2, 0.25) is 5.91 Å². The van der Waals surface area contributed by atoms with E-state index in [0.717, 1.165) is 41.8 Å². The Kier molecular flexibility index (Phi) is 5.43. The molecule has 0 spiro atoms. The maximum Gasteiger partial charge on any atom is 0.255 e. The highest BCUT2D eigenvalue weighted by Crippen LogP contribution is 2.28. The number of nitrogens with one attached hydrogen (secondary N) is 1.